The highest BCUT2D eigenvalue weighted by Crippen LogP contribution is 2.59. The average Bonchev–Trinajstić information content (AvgIpc) is 2.78. The number of fused-ring (bicyclic) bond motifs is 1. The minimum Gasteiger partial charge on any atom is -0.495 e. The number of amidine groups is 1. The first-order valence-electron chi connectivity index (χ1n) is 10.1. The van der Waals surface area contributed by atoms with Crippen LogP contribution in [0.4, 0.5) is 20.3 Å². The monoisotopic (exact) mass is 477 g/mol. The van der Waals surface area contributed by atoms with Crippen LogP contribution in [-0.4, -0.2) is 49.2 Å². The average molecular weight is 478 g/mol. The van der Waals surface area contributed by atoms with Gasteiger partial charge in [0, 0.05) is 22.8 Å². The van der Waals surface area contributed by atoms with Gasteiger partial charge >= 0.3 is 0 Å². The number of aromatic nitrogens is 2. The van der Waals surface area contributed by atoms with E-state index < -0.39 is 39.1 Å². The highest BCUT2D eigenvalue weighted by molar-refractivity contribution is 8.26. The number of methoxy groups -OCH3 is 1. The van der Waals surface area contributed by atoms with E-state index in [1.54, 1.807) is 31.6 Å². The Bertz CT molecular complexity index is 1250. The Labute approximate surface area is 191 Å². The van der Waals surface area contributed by atoms with Crippen LogP contribution in [0.5, 0.6) is 5.75 Å². The number of hydrogen-bond donors (Lipinski definition) is 4. The molecule has 33 heavy (non-hydrogen) atoms. The van der Waals surface area contributed by atoms with Crippen molar-refractivity contribution in [3.8, 4) is 5.75 Å². The Hall–Kier alpha value is -3.02. The van der Waals surface area contributed by atoms with Gasteiger partial charge in [-0.2, -0.15) is 10.6 Å². The molecule has 8 nitrogen and oxygen atoms in total. The molecule has 1 aliphatic rings. The minimum atomic E-state index is -3.42. The Kier molecular flexibility index (Phi) is 5.67. The normalized spacial score (nSPS) is 22.5. The van der Waals surface area contributed by atoms with E-state index in [-0.39, 0.29) is 11.4 Å². The Morgan fingerprint density at radius 3 is 2.64 bits per heavy atom. The van der Waals surface area contributed by atoms with Crippen LogP contribution in [0.1, 0.15) is 19.4 Å². The lowest BCUT2D eigenvalue weighted by Gasteiger charge is -2.53. The number of alkyl halides is 1. The van der Waals surface area contributed by atoms with Gasteiger partial charge in [-0.3, -0.25) is 14.1 Å². The second-order valence-corrected chi connectivity index (χ2v) is 11.1. The number of anilines is 2. The molecular weight excluding hydrogens is 452 g/mol. The number of hydrogen-bond acceptors (Lipinski definition) is 8. The molecule has 0 bridgehead atoms. The van der Waals surface area contributed by atoms with E-state index >= 15 is 0 Å². The lowest BCUT2D eigenvalue weighted by Crippen LogP contribution is -2.53. The Morgan fingerprint density at radius 2 is 1.97 bits per heavy atom. The lowest BCUT2D eigenvalue weighted by atomic mass is 9.92. The molecule has 4 rings (SSSR count). The molecule has 2 aromatic heterocycles. The zero-order valence-electron chi connectivity index (χ0n) is 18.3. The number of ether oxygens (including phenoxy) is 1. The van der Waals surface area contributed by atoms with Gasteiger partial charge in [0.2, 0.25) is 0 Å². The van der Waals surface area contributed by atoms with Gasteiger partial charge in [0.15, 0.2) is 5.82 Å². The van der Waals surface area contributed by atoms with Gasteiger partial charge in [-0.1, -0.05) is 0 Å². The van der Waals surface area contributed by atoms with E-state index in [4.69, 9.17) is 10.5 Å². The molecule has 0 amide bonds. The zero-order valence-corrected chi connectivity index (χ0v) is 19.2. The van der Waals surface area contributed by atoms with Gasteiger partial charge in [-0.05, 0) is 44.2 Å². The first kappa shape index (κ1) is 23.1. The predicted molar refractivity (Wildman–Crippen MR) is 127 cm³/mol. The quantitative estimate of drug-likeness (QED) is 0.424. The fraction of sp³-hybridized carbons (Fsp3) is 0.318. The summed E-state index contributed by atoms with van der Waals surface area (Å²) >= 11 is 0. The summed E-state index contributed by atoms with van der Waals surface area (Å²) in [6, 6.07) is 7.58. The summed E-state index contributed by atoms with van der Waals surface area (Å²) in [5, 5.41) is 3.85. The van der Waals surface area contributed by atoms with Crippen LogP contribution in [0, 0.1) is 5.82 Å². The molecule has 0 saturated heterocycles. The third-order valence-corrected chi connectivity index (χ3v) is 8.69. The fourth-order valence-corrected chi connectivity index (χ4v) is 5.40. The van der Waals surface area contributed by atoms with Crippen LogP contribution in [0.15, 0.2) is 47.7 Å². The second-order valence-electron chi connectivity index (χ2n) is 8.41. The smallest absolute Gasteiger partial charge is 0.156 e. The number of aliphatic imine (C=N–C) groups is 1. The molecule has 5 N–H and O–H groups in total. The Morgan fingerprint density at radius 1 is 1.21 bits per heavy atom. The van der Waals surface area contributed by atoms with E-state index in [1.165, 1.54) is 26.0 Å². The number of halogens is 2. The number of nitrogens with zero attached hydrogens (tertiary/aromatic N) is 3. The van der Waals surface area contributed by atoms with Crippen molar-refractivity contribution >= 4 is 38.8 Å². The standard InChI is InChI=1S/C22H25F2N5O3S/c1-21(2)20(25)29-22(11-23,12-33(21,30)31)16-9-14(4-5-17(16)24)28-19-18-13(6-7-26-19)8-15(32-3)10-27-18/h4-10,30-31H,11-12H2,1-3H3,(H2,25,29)(H,26,28)/t22-/m0/s1. The highest BCUT2D eigenvalue weighted by Gasteiger charge is 2.51. The molecule has 0 spiro atoms. The van der Waals surface area contributed by atoms with Crippen molar-refractivity contribution in [3.05, 3.63) is 54.1 Å². The molecule has 11 heteroatoms. The number of pyridine rings is 2. The third-order valence-electron chi connectivity index (χ3n) is 5.97. The van der Waals surface area contributed by atoms with Gasteiger partial charge in [0.1, 0.15) is 39.9 Å². The van der Waals surface area contributed by atoms with Gasteiger partial charge < -0.3 is 15.8 Å². The maximum atomic E-state index is 14.9. The predicted octanol–water partition coefficient (Wildman–Crippen LogP) is 4.59. The van der Waals surface area contributed by atoms with Gasteiger partial charge in [-0.15, -0.1) is 0 Å². The van der Waals surface area contributed by atoms with Crippen molar-refractivity contribution in [2.75, 3.05) is 24.9 Å². The van der Waals surface area contributed by atoms with Crippen molar-refractivity contribution in [2.45, 2.75) is 24.1 Å². The molecule has 0 unspecified atom stereocenters. The van der Waals surface area contributed by atoms with Gasteiger partial charge in [0.25, 0.3) is 0 Å². The van der Waals surface area contributed by atoms with Crippen LogP contribution < -0.4 is 15.8 Å². The van der Waals surface area contributed by atoms with E-state index in [2.05, 4.69) is 20.3 Å². The van der Waals surface area contributed by atoms with Crippen molar-refractivity contribution in [2.24, 2.45) is 10.7 Å². The van der Waals surface area contributed by atoms with Crippen molar-refractivity contribution in [1.29, 1.82) is 0 Å². The number of rotatable bonds is 5. The lowest BCUT2D eigenvalue weighted by molar-refractivity contribution is 0.312. The van der Waals surface area contributed by atoms with Crippen molar-refractivity contribution in [3.63, 3.8) is 0 Å². The fourth-order valence-electron chi connectivity index (χ4n) is 3.70. The number of benzene rings is 1. The van der Waals surface area contributed by atoms with Crippen LogP contribution in [0.2, 0.25) is 0 Å². The summed E-state index contributed by atoms with van der Waals surface area (Å²) in [5.74, 6) is -0.378. The number of nitrogens with two attached hydrogens (primary N) is 1. The molecule has 3 aromatic rings. The minimum absolute atomic E-state index is 0.136. The van der Waals surface area contributed by atoms with Crippen LogP contribution >= 0.6 is 10.6 Å². The summed E-state index contributed by atoms with van der Waals surface area (Å²) in [7, 11) is -1.88. The Balaban J connectivity index is 1.78. The molecule has 3 heterocycles. The van der Waals surface area contributed by atoms with Crippen LogP contribution in [-0.2, 0) is 5.54 Å². The van der Waals surface area contributed by atoms with Crippen molar-refractivity contribution < 1.29 is 22.6 Å². The molecule has 0 radical (unpaired) electrons. The van der Waals surface area contributed by atoms with Gasteiger partial charge in [-0.25, -0.2) is 18.7 Å². The highest BCUT2D eigenvalue weighted by atomic mass is 32.3. The van der Waals surface area contributed by atoms with E-state index in [9.17, 15) is 17.9 Å². The van der Waals surface area contributed by atoms with Gasteiger partial charge in [0.05, 0.1) is 19.1 Å². The van der Waals surface area contributed by atoms with Crippen LogP contribution in [0.3, 0.4) is 0 Å². The zero-order chi connectivity index (χ0) is 24.0. The first-order valence-corrected chi connectivity index (χ1v) is 11.8. The van der Waals surface area contributed by atoms with Crippen molar-refractivity contribution in [1.82, 2.24) is 9.97 Å². The topological polar surface area (TPSA) is 126 Å². The van der Waals surface area contributed by atoms with E-state index in [0.717, 1.165) is 11.5 Å². The summed E-state index contributed by atoms with van der Waals surface area (Å²) in [6.07, 6.45) is 3.14. The molecule has 1 atom stereocenters. The largest absolute Gasteiger partial charge is 0.495 e. The maximum absolute atomic E-state index is 14.9. The summed E-state index contributed by atoms with van der Waals surface area (Å²) in [6.45, 7) is 1.88. The molecular formula is C22H25F2N5O3S. The molecule has 0 fully saturated rings. The molecule has 176 valence electrons. The first-order chi connectivity index (χ1) is 15.5. The van der Waals surface area contributed by atoms with E-state index in [0.29, 0.717) is 22.8 Å². The second kappa shape index (κ2) is 8.08. The molecule has 0 saturated carbocycles. The van der Waals surface area contributed by atoms with E-state index in [1.807, 2.05) is 0 Å². The summed E-state index contributed by atoms with van der Waals surface area (Å²) in [4.78, 5) is 12.9. The summed E-state index contributed by atoms with van der Waals surface area (Å²) in [5.41, 5.74) is 4.94. The number of nitrogens with one attached hydrogen (secondary N) is 1. The SMILES string of the molecule is COc1cnc2c(Nc3ccc(F)c([C@]4(CF)CS(O)(O)C(C)(C)C(N)=N4)c3)nccc2c1. The molecule has 0 aliphatic carbocycles. The third kappa shape index (κ3) is 3.85. The summed E-state index contributed by atoms with van der Waals surface area (Å²) < 4.78 is 54.7. The molecule has 1 aliphatic heterocycles. The molecule has 1 aromatic carbocycles. The maximum Gasteiger partial charge on any atom is 0.156 e. The van der Waals surface area contributed by atoms with Crippen LogP contribution in [0.25, 0.3) is 10.9 Å².